The molecule has 2 unspecified atom stereocenters. The fraction of sp³-hybridized carbons (Fsp3) is 0.857. The zero-order valence-corrected chi connectivity index (χ0v) is 14.7. The van der Waals surface area contributed by atoms with E-state index in [1.54, 1.807) is 0 Å². The Labute approximate surface area is 137 Å². The van der Waals surface area contributed by atoms with Crippen LogP contribution in [0.2, 0.25) is 0 Å². The van der Waals surface area contributed by atoms with Gasteiger partial charge in [-0.3, -0.25) is 9.82 Å². The van der Waals surface area contributed by atoms with Crippen LogP contribution in [0.25, 0.3) is 0 Å². The van der Waals surface area contributed by atoms with Gasteiger partial charge in [0.05, 0.1) is 12.8 Å². The molecule has 0 rings (SSSR count). The molecule has 4 N–H and O–H groups in total. The standard InChI is InChI=1S/C14H30NO7P/c1-2-3-4-5-6-7-8-9-10-14(20-16)13-19-23(18,12-11-15)22-21-17/h2-3,14,16-17H,4-13,15H2,1H3. The quantitative estimate of drug-likeness (QED) is 0.126. The third-order valence-electron chi connectivity index (χ3n) is 3.29. The summed E-state index contributed by atoms with van der Waals surface area (Å²) in [5.41, 5.74) is 5.29. The van der Waals surface area contributed by atoms with Crippen molar-refractivity contribution in [1.82, 2.24) is 0 Å². The van der Waals surface area contributed by atoms with Crippen LogP contribution in [-0.4, -0.2) is 35.9 Å². The molecule has 8 nitrogen and oxygen atoms in total. The second-order valence-electron chi connectivity index (χ2n) is 5.21. The molecule has 0 amide bonds. The topological polar surface area (TPSA) is 120 Å². The first-order valence-electron chi connectivity index (χ1n) is 7.96. The van der Waals surface area contributed by atoms with E-state index < -0.39 is 13.7 Å². The van der Waals surface area contributed by atoms with Gasteiger partial charge in [0, 0.05) is 6.54 Å². The van der Waals surface area contributed by atoms with E-state index >= 15 is 0 Å². The fourth-order valence-electron chi connectivity index (χ4n) is 2.03. The maximum absolute atomic E-state index is 12.0. The van der Waals surface area contributed by atoms with E-state index in [4.69, 9.17) is 20.8 Å². The van der Waals surface area contributed by atoms with E-state index in [2.05, 4.69) is 26.8 Å². The maximum Gasteiger partial charge on any atom is 0.362 e. The Morgan fingerprint density at radius 3 is 2.48 bits per heavy atom. The van der Waals surface area contributed by atoms with Crippen molar-refractivity contribution in [3.8, 4) is 0 Å². The number of unbranched alkanes of at least 4 members (excludes halogenated alkanes) is 5. The number of allylic oxidation sites excluding steroid dienone is 2. The van der Waals surface area contributed by atoms with Gasteiger partial charge < -0.3 is 10.3 Å². The highest BCUT2D eigenvalue weighted by molar-refractivity contribution is 7.53. The van der Waals surface area contributed by atoms with Crippen LogP contribution in [0.5, 0.6) is 0 Å². The van der Waals surface area contributed by atoms with Gasteiger partial charge in [-0.05, 0) is 26.2 Å². The van der Waals surface area contributed by atoms with Crippen LogP contribution in [-0.2, 0) is 23.7 Å². The van der Waals surface area contributed by atoms with Gasteiger partial charge in [0.2, 0.25) is 0 Å². The summed E-state index contributed by atoms with van der Waals surface area (Å²) in [6.07, 6.45) is 10.5. The van der Waals surface area contributed by atoms with Gasteiger partial charge in [-0.1, -0.05) is 42.9 Å². The molecule has 0 aromatic heterocycles. The molecule has 2 atom stereocenters. The van der Waals surface area contributed by atoms with Crippen molar-refractivity contribution in [2.24, 2.45) is 5.73 Å². The molecule has 138 valence electrons. The minimum absolute atomic E-state index is 0.0402. The summed E-state index contributed by atoms with van der Waals surface area (Å²) in [6, 6.07) is 0. The Kier molecular flexibility index (Phi) is 15.0. The summed E-state index contributed by atoms with van der Waals surface area (Å²) in [5.74, 6) is 0. The van der Waals surface area contributed by atoms with E-state index in [9.17, 15) is 4.57 Å². The predicted octanol–water partition coefficient (Wildman–Crippen LogP) is 3.74. The van der Waals surface area contributed by atoms with Gasteiger partial charge in [0.1, 0.15) is 6.10 Å². The Hall–Kier alpha value is -0.310. The molecule has 0 aliphatic heterocycles. The van der Waals surface area contributed by atoms with Crippen LogP contribution in [0.3, 0.4) is 0 Å². The fourth-order valence-corrected chi connectivity index (χ4v) is 3.08. The summed E-state index contributed by atoms with van der Waals surface area (Å²) < 4.78 is 21.3. The van der Waals surface area contributed by atoms with Gasteiger partial charge in [0.15, 0.2) is 0 Å². The molecular formula is C14H30NO7P. The SMILES string of the molecule is CC=CCCCCCCCC(COP(=O)(CCN)OOO)OO. The number of rotatable bonds is 16. The second kappa shape index (κ2) is 15.2. The van der Waals surface area contributed by atoms with E-state index in [0.29, 0.717) is 6.42 Å². The monoisotopic (exact) mass is 355 g/mol. The van der Waals surface area contributed by atoms with Crippen molar-refractivity contribution in [1.29, 1.82) is 0 Å². The van der Waals surface area contributed by atoms with Crippen LogP contribution in [0.1, 0.15) is 51.9 Å². The first-order valence-corrected chi connectivity index (χ1v) is 9.69. The highest BCUT2D eigenvalue weighted by Crippen LogP contribution is 2.47. The Bertz CT molecular complexity index is 331. The lowest BCUT2D eigenvalue weighted by atomic mass is 10.1. The predicted molar refractivity (Wildman–Crippen MR) is 86.9 cm³/mol. The maximum atomic E-state index is 12.0. The van der Waals surface area contributed by atoms with Gasteiger partial charge >= 0.3 is 7.60 Å². The molecule has 0 saturated carbocycles. The van der Waals surface area contributed by atoms with Crippen LogP contribution in [0.4, 0.5) is 0 Å². The summed E-state index contributed by atoms with van der Waals surface area (Å²) in [7, 11) is -3.64. The zero-order valence-electron chi connectivity index (χ0n) is 13.8. The largest absolute Gasteiger partial charge is 0.362 e. The molecule has 0 fully saturated rings. The highest BCUT2D eigenvalue weighted by atomic mass is 31.2. The van der Waals surface area contributed by atoms with Crippen LogP contribution < -0.4 is 5.73 Å². The molecule has 0 spiro atoms. The third kappa shape index (κ3) is 12.7. The minimum Gasteiger partial charge on any atom is -0.330 e. The van der Waals surface area contributed by atoms with E-state index in [1.165, 1.54) is 12.8 Å². The molecule has 0 aromatic rings. The highest BCUT2D eigenvalue weighted by Gasteiger charge is 2.27. The second-order valence-corrected chi connectivity index (χ2v) is 7.29. The molecule has 0 aromatic carbocycles. The molecular weight excluding hydrogens is 325 g/mol. The Morgan fingerprint density at radius 2 is 1.87 bits per heavy atom. The van der Waals surface area contributed by atoms with Crippen LogP contribution in [0, 0.1) is 0 Å². The van der Waals surface area contributed by atoms with Crippen molar-refractivity contribution in [2.45, 2.75) is 58.0 Å². The smallest absolute Gasteiger partial charge is 0.330 e. The van der Waals surface area contributed by atoms with Crippen molar-refractivity contribution in [3.05, 3.63) is 12.2 Å². The van der Waals surface area contributed by atoms with Gasteiger partial charge in [-0.25, -0.2) is 10.1 Å². The number of nitrogens with two attached hydrogens (primary N) is 1. The van der Waals surface area contributed by atoms with E-state index in [0.717, 1.165) is 25.7 Å². The first-order chi connectivity index (χ1) is 11.1. The number of hydrogen-bond donors (Lipinski definition) is 3. The summed E-state index contributed by atoms with van der Waals surface area (Å²) in [6.45, 7) is 1.91. The third-order valence-corrected chi connectivity index (χ3v) is 4.93. The van der Waals surface area contributed by atoms with Crippen molar-refractivity contribution in [3.63, 3.8) is 0 Å². The molecule has 0 saturated heterocycles. The molecule has 0 heterocycles. The molecule has 0 radical (unpaired) electrons. The molecule has 0 aliphatic rings. The summed E-state index contributed by atoms with van der Waals surface area (Å²) >= 11 is 0. The van der Waals surface area contributed by atoms with Crippen molar-refractivity contribution < 1.29 is 34.2 Å². The van der Waals surface area contributed by atoms with Crippen molar-refractivity contribution >= 4 is 7.60 Å². The Morgan fingerprint density at radius 1 is 1.17 bits per heavy atom. The normalized spacial score (nSPS) is 15.8. The molecule has 0 aliphatic carbocycles. The van der Waals surface area contributed by atoms with Crippen LogP contribution in [0.15, 0.2) is 12.2 Å². The zero-order chi connectivity index (χ0) is 17.4. The lowest BCUT2D eigenvalue weighted by molar-refractivity contribution is -0.443. The lowest BCUT2D eigenvalue weighted by Crippen LogP contribution is -2.20. The summed E-state index contributed by atoms with van der Waals surface area (Å²) in [4.78, 5) is 4.32. The first kappa shape index (κ1) is 22.7. The molecule has 23 heavy (non-hydrogen) atoms. The average Bonchev–Trinajstić information content (AvgIpc) is 2.53. The Balaban J connectivity index is 3.86. The molecule has 0 bridgehead atoms. The number of hydrogen-bond acceptors (Lipinski definition) is 8. The summed E-state index contributed by atoms with van der Waals surface area (Å²) in [5, 5.41) is 20.5. The average molecular weight is 355 g/mol. The minimum atomic E-state index is -3.64. The molecule has 9 heteroatoms. The van der Waals surface area contributed by atoms with E-state index in [-0.39, 0.29) is 19.3 Å². The van der Waals surface area contributed by atoms with Crippen molar-refractivity contribution in [2.75, 3.05) is 19.3 Å². The van der Waals surface area contributed by atoms with Crippen LogP contribution >= 0.6 is 7.60 Å². The lowest BCUT2D eigenvalue weighted by Gasteiger charge is -2.18. The van der Waals surface area contributed by atoms with E-state index in [1.807, 2.05) is 6.92 Å². The van der Waals surface area contributed by atoms with Gasteiger partial charge in [0.25, 0.3) is 0 Å². The van der Waals surface area contributed by atoms with Gasteiger partial charge in [-0.2, -0.15) is 0 Å². The van der Waals surface area contributed by atoms with Gasteiger partial charge in [-0.15, -0.1) is 4.67 Å².